The number of anilines is 1. The van der Waals surface area contributed by atoms with Crippen LogP contribution in [0.25, 0.3) is 5.57 Å². The molecule has 3 rings (SSSR count). The van der Waals surface area contributed by atoms with Gasteiger partial charge in [0.1, 0.15) is 11.9 Å². The molecule has 186 valence electrons. The van der Waals surface area contributed by atoms with Gasteiger partial charge >= 0.3 is 0 Å². The molecule has 1 aliphatic carbocycles. The molecule has 1 unspecified atom stereocenters. The van der Waals surface area contributed by atoms with Crippen LogP contribution in [0.4, 0.5) is 5.69 Å². The van der Waals surface area contributed by atoms with Gasteiger partial charge in [0.25, 0.3) is 0 Å². The Balaban J connectivity index is 2.42. The summed E-state index contributed by atoms with van der Waals surface area (Å²) in [5, 5.41) is 24.7. The molecule has 0 spiro atoms. The maximum atomic E-state index is 12.3. The van der Waals surface area contributed by atoms with Crippen LogP contribution in [0, 0.1) is 6.92 Å². The molecule has 3 N–H and O–H groups in total. The van der Waals surface area contributed by atoms with Gasteiger partial charge in [0, 0.05) is 30.7 Å². The molecule has 0 heterocycles. The Morgan fingerprint density at radius 3 is 2.61 bits per heavy atom. The van der Waals surface area contributed by atoms with Crippen molar-refractivity contribution in [2.75, 3.05) is 19.0 Å². The van der Waals surface area contributed by atoms with Crippen molar-refractivity contribution >= 4 is 23.8 Å². The summed E-state index contributed by atoms with van der Waals surface area (Å²) < 4.78 is 0. The highest BCUT2D eigenvalue weighted by molar-refractivity contribution is 5.95. The lowest BCUT2D eigenvalue weighted by atomic mass is 9.79. The van der Waals surface area contributed by atoms with E-state index in [9.17, 15) is 9.90 Å². The molecule has 0 saturated heterocycles. The van der Waals surface area contributed by atoms with Crippen LogP contribution < -0.4 is 5.32 Å². The molecule has 36 heavy (non-hydrogen) atoms. The second-order valence-corrected chi connectivity index (χ2v) is 8.63. The van der Waals surface area contributed by atoms with E-state index in [2.05, 4.69) is 23.3 Å². The van der Waals surface area contributed by atoms with Gasteiger partial charge in [-0.25, -0.2) is 0 Å². The van der Waals surface area contributed by atoms with E-state index in [1.54, 1.807) is 30.6 Å². The highest BCUT2D eigenvalue weighted by Crippen LogP contribution is 2.41. The molecule has 1 atom stereocenters. The third kappa shape index (κ3) is 5.54. The normalized spacial score (nSPS) is 21.1. The first-order valence-corrected chi connectivity index (χ1v) is 12.0. The molecule has 0 fully saturated rings. The fraction of sp³-hybridized carbons (Fsp3) is 0.226. The second-order valence-electron chi connectivity index (χ2n) is 8.63. The number of hydrogen-bond donors (Lipinski definition) is 3. The Morgan fingerprint density at radius 1 is 1.17 bits per heavy atom. The van der Waals surface area contributed by atoms with Crippen molar-refractivity contribution in [3.05, 3.63) is 118 Å². The topological polar surface area (TPSA) is 81.9 Å². The lowest BCUT2D eigenvalue weighted by molar-refractivity contribution is -0.104. The summed E-state index contributed by atoms with van der Waals surface area (Å²) in [5.74, 6) is 0. The average Bonchev–Trinajstić information content (AvgIpc) is 2.90. The van der Waals surface area contributed by atoms with E-state index in [1.807, 2.05) is 69.4 Å². The van der Waals surface area contributed by atoms with E-state index in [0.29, 0.717) is 17.6 Å². The van der Waals surface area contributed by atoms with Gasteiger partial charge in [-0.1, -0.05) is 54.6 Å². The van der Waals surface area contributed by atoms with Crippen LogP contribution in [0.15, 0.2) is 95.2 Å². The molecule has 0 amide bonds. The van der Waals surface area contributed by atoms with Crippen molar-refractivity contribution < 1.29 is 15.0 Å². The zero-order valence-corrected chi connectivity index (χ0v) is 21.3. The molecule has 5 heteroatoms. The number of rotatable bonds is 7. The number of nitrogens with one attached hydrogen (secondary N) is 1. The first-order valence-electron chi connectivity index (χ1n) is 12.0. The van der Waals surface area contributed by atoms with Gasteiger partial charge in [0.05, 0.1) is 6.61 Å². The Kier molecular flexibility index (Phi) is 9.12. The van der Waals surface area contributed by atoms with Crippen molar-refractivity contribution in [3.8, 4) is 0 Å². The number of aliphatic hydroxyl groups is 2. The predicted molar refractivity (Wildman–Crippen MR) is 149 cm³/mol. The quantitative estimate of drug-likeness (QED) is 0.213. The fourth-order valence-electron chi connectivity index (χ4n) is 4.42. The summed E-state index contributed by atoms with van der Waals surface area (Å²) in [6.07, 6.45) is 15.6. The standard InChI is InChI=1S/C31H34N2O3/c1-5-33-21-23(3)31(36)26-13-10-22(2)25(19-26)12-11-24(9-7-6-8-17-34)28(16-18-35)29-20-27(31)14-15-30(29)32-4/h5-11,13-16,18-21,32,34,36H,12,17H2,1-4H3/b8-6?,9-7-,23-21+,24-11+,28-16-,33-5?. The number of hydrogen-bond acceptors (Lipinski definition) is 5. The van der Waals surface area contributed by atoms with Crippen molar-refractivity contribution in [1.29, 1.82) is 0 Å². The summed E-state index contributed by atoms with van der Waals surface area (Å²) >= 11 is 0. The van der Waals surface area contributed by atoms with Crippen molar-refractivity contribution in [2.24, 2.45) is 4.99 Å². The van der Waals surface area contributed by atoms with Gasteiger partial charge < -0.3 is 15.5 Å². The summed E-state index contributed by atoms with van der Waals surface area (Å²) in [6.45, 7) is 5.71. The van der Waals surface area contributed by atoms with Crippen LogP contribution in [0.2, 0.25) is 0 Å². The van der Waals surface area contributed by atoms with Gasteiger partial charge in [0.2, 0.25) is 0 Å². The largest absolute Gasteiger partial charge is 0.392 e. The number of nitrogens with zero attached hydrogens (tertiary/aromatic N) is 1. The molecule has 4 bridgehead atoms. The number of fused-ring (bicyclic) bond motifs is 4. The Hall–Kier alpha value is -3.80. The number of allylic oxidation sites excluding steroid dienone is 7. The van der Waals surface area contributed by atoms with Crippen molar-refractivity contribution in [2.45, 2.75) is 32.8 Å². The third-order valence-corrected chi connectivity index (χ3v) is 6.47. The highest BCUT2D eigenvalue weighted by atomic mass is 16.3. The molecule has 0 aliphatic heterocycles. The summed E-state index contributed by atoms with van der Waals surface area (Å²) in [6, 6.07) is 11.8. The summed E-state index contributed by atoms with van der Waals surface area (Å²) in [5.41, 5.74) is 6.08. The van der Waals surface area contributed by atoms with E-state index in [4.69, 9.17) is 5.11 Å². The summed E-state index contributed by atoms with van der Waals surface area (Å²) in [4.78, 5) is 16.1. The van der Waals surface area contributed by atoms with Crippen LogP contribution >= 0.6 is 0 Å². The van der Waals surface area contributed by atoms with E-state index < -0.39 is 5.60 Å². The average molecular weight is 483 g/mol. The van der Waals surface area contributed by atoms with E-state index in [0.717, 1.165) is 45.4 Å². The number of carbonyl (C=O) groups is 1. The molecule has 0 radical (unpaired) electrons. The number of benzene rings is 2. The second kappa shape index (κ2) is 12.2. The minimum absolute atomic E-state index is 0.0497. The molecular formula is C31H34N2O3. The Morgan fingerprint density at radius 2 is 1.92 bits per heavy atom. The van der Waals surface area contributed by atoms with Crippen LogP contribution in [0.1, 0.15) is 41.7 Å². The number of carbonyl (C=O) groups excluding carboxylic acids is 1. The smallest absolute Gasteiger partial charge is 0.143 e. The minimum Gasteiger partial charge on any atom is -0.392 e. The molecule has 5 nitrogen and oxygen atoms in total. The monoisotopic (exact) mass is 482 g/mol. The molecule has 2 aromatic carbocycles. The highest BCUT2D eigenvalue weighted by Gasteiger charge is 2.35. The predicted octanol–water partition coefficient (Wildman–Crippen LogP) is 5.44. The first-order chi connectivity index (χ1) is 17.4. The molecule has 2 aromatic rings. The lowest BCUT2D eigenvalue weighted by Crippen LogP contribution is -2.29. The maximum Gasteiger partial charge on any atom is 0.143 e. The van der Waals surface area contributed by atoms with Gasteiger partial charge in [-0.15, -0.1) is 0 Å². The van der Waals surface area contributed by atoms with E-state index >= 15 is 0 Å². The fourth-order valence-corrected chi connectivity index (χ4v) is 4.42. The molecule has 1 aliphatic rings. The zero-order valence-electron chi connectivity index (χ0n) is 21.3. The molecule has 0 aromatic heterocycles. The van der Waals surface area contributed by atoms with Crippen LogP contribution in [-0.2, 0) is 16.8 Å². The lowest BCUT2D eigenvalue weighted by Gasteiger charge is -2.32. The first kappa shape index (κ1) is 26.8. The summed E-state index contributed by atoms with van der Waals surface area (Å²) in [7, 11) is 1.83. The Bertz CT molecular complexity index is 1290. The van der Waals surface area contributed by atoms with E-state index in [-0.39, 0.29) is 6.61 Å². The van der Waals surface area contributed by atoms with Crippen LogP contribution in [0.3, 0.4) is 0 Å². The third-order valence-electron chi connectivity index (χ3n) is 6.47. The SMILES string of the molecule is CC=N/C=C(\C)C1(O)c2ccc(C)c(c2)C/C=C(\C=C/C=CCO)C(=C/C=O)/c2cc1ccc2NC. The number of aldehydes is 1. The van der Waals surface area contributed by atoms with Crippen molar-refractivity contribution in [3.63, 3.8) is 0 Å². The van der Waals surface area contributed by atoms with E-state index in [1.165, 1.54) is 0 Å². The number of aryl methyl sites for hydroxylation is 1. The van der Waals surface area contributed by atoms with Gasteiger partial charge in [-0.3, -0.25) is 9.79 Å². The number of aliphatic hydroxyl groups excluding tert-OH is 1. The van der Waals surface area contributed by atoms with Gasteiger partial charge in [0.15, 0.2) is 0 Å². The maximum absolute atomic E-state index is 12.3. The van der Waals surface area contributed by atoms with Crippen LogP contribution in [0.5, 0.6) is 0 Å². The minimum atomic E-state index is -1.42. The van der Waals surface area contributed by atoms with Crippen molar-refractivity contribution in [1.82, 2.24) is 0 Å². The number of aliphatic imine (C=N–C) groups is 1. The molecular weight excluding hydrogens is 448 g/mol. The Labute approximate surface area is 213 Å². The van der Waals surface area contributed by atoms with Gasteiger partial charge in [-0.2, -0.15) is 0 Å². The van der Waals surface area contributed by atoms with Crippen LogP contribution in [-0.4, -0.2) is 36.4 Å². The van der Waals surface area contributed by atoms with Gasteiger partial charge in [-0.05, 0) is 84.4 Å². The molecule has 0 saturated carbocycles. The zero-order chi connectivity index (χ0) is 26.1.